The van der Waals surface area contributed by atoms with Gasteiger partial charge < -0.3 is 14.4 Å². The van der Waals surface area contributed by atoms with Crippen molar-refractivity contribution in [2.45, 2.75) is 32.2 Å². The van der Waals surface area contributed by atoms with E-state index >= 15 is 0 Å². The highest BCUT2D eigenvalue weighted by atomic mass is 35.5. The number of aromatic nitrogens is 2. The lowest BCUT2D eigenvalue weighted by molar-refractivity contribution is 0.276. The first-order valence-electron chi connectivity index (χ1n) is 6.55. The normalized spacial score (nSPS) is 12.8. The molecular weight excluding hydrogens is 264 g/mol. The standard InChI is InChI=1S/C14H19ClN2O2/c1-3-8-19-11-4-5-13-12(9-11)16-14(10(2)15)17(13)6-7-18/h4-5,9-10,18H,3,6-8H2,1-2H3. The van der Waals surface area contributed by atoms with Crippen LogP contribution in [0.1, 0.15) is 31.5 Å². The van der Waals surface area contributed by atoms with Gasteiger partial charge in [0.05, 0.1) is 29.6 Å². The van der Waals surface area contributed by atoms with Crippen LogP contribution in [-0.4, -0.2) is 27.9 Å². The summed E-state index contributed by atoms with van der Waals surface area (Å²) in [6, 6.07) is 5.81. The SMILES string of the molecule is CCCOc1ccc2c(c1)nc(C(C)Cl)n2CCO. The zero-order valence-electron chi connectivity index (χ0n) is 11.3. The quantitative estimate of drug-likeness (QED) is 0.828. The molecule has 1 aromatic carbocycles. The maximum Gasteiger partial charge on any atom is 0.127 e. The average Bonchev–Trinajstić information content (AvgIpc) is 2.75. The van der Waals surface area contributed by atoms with Gasteiger partial charge in [-0.15, -0.1) is 11.6 Å². The van der Waals surface area contributed by atoms with E-state index < -0.39 is 0 Å². The molecule has 0 bridgehead atoms. The number of fused-ring (bicyclic) bond motifs is 1. The van der Waals surface area contributed by atoms with Crippen molar-refractivity contribution in [3.05, 3.63) is 24.0 Å². The van der Waals surface area contributed by atoms with Gasteiger partial charge >= 0.3 is 0 Å². The van der Waals surface area contributed by atoms with E-state index in [1.807, 2.05) is 29.7 Å². The van der Waals surface area contributed by atoms with E-state index in [2.05, 4.69) is 11.9 Å². The van der Waals surface area contributed by atoms with Crippen LogP contribution in [0.3, 0.4) is 0 Å². The van der Waals surface area contributed by atoms with Crippen LogP contribution >= 0.6 is 11.6 Å². The van der Waals surface area contributed by atoms with Crippen LogP contribution < -0.4 is 4.74 Å². The lowest BCUT2D eigenvalue weighted by atomic mass is 10.3. The molecule has 0 saturated carbocycles. The molecule has 1 heterocycles. The number of alkyl halides is 1. The molecule has 0 amide bonds. The number of ether oxygens (including phenoxy) is 1. The Morgan fingerprint density at radius 3 is 2.89 bits per heavy atom. The zero-order valence-corrected chi connectivity index (χ0v) is 12.0. The summed E-state index contributed by atoms with van der Waals surface area (Å²) in [5, 5.41) is 8.96. The summed E-state index contributed by atoms with van der Waals surface area (Å²) in [7, 11) is 0. The molecule has 2 aromatic rings. The number of hydrogen-bond donors (Lipinski definition) is 1. The number of nitrogens with zero attached hydrogens (tertiary/aromatic N) is 2. The van der Waals surface area contributed by atoms with Crippen LogP contribution in [0, 0.1) is 0 Å². The fraction of sp³-hybridized carbons (Fsp3) is 0.500. The zero-order chi connectivity index (χ0) is 13.8. The Hall–Kier alpha value is -1.26. The van der Waals surface area contributed by atoms with Gasteiger partial charge in [-0.2, -0.15) is 0 Å². The summed E-state index contributed by atoms with van der Waals surface area (Å²) in [5.41, 5.74) is 1.82. The maximum absolute atomic E-state index is 9.16. The van der Waals surface area contributed by atoms with Gasteiger partial charge in [0.2, 0.25) is 0 Å². The third-order valence-electron chi connectivity index (χ3n) is 2.90. The van der Waals surface area contributed by atoms with Crippen molar-refractivity contribution in [3.8, 4) is 5.75 Å². The van der Waals surface area contributed by atoms with Gasteiger partial charge in [-0.1, -0.05) is 6.92 Å². The lowest BCUT2D eigenvalue weighted by Crippen LogP contribution is -2.07. The van der Waals surface area contributed by atoms with Crippen LogP contribution in [0.15, 0.2) is 18.2 Å². The van der Waals surface area contributed by atoms with Crippen LogP contribution in [-0.2, 0) is 6.54 Å². The summed E-state index contributed by atoms with van der Waals surface area (Å²) in [6.45, 7) is 5.21. The molecular formula is C14H19ClN2O2. The van der Waals surface area contributed by atoms with Crippen molar-refractivity contribution in [3.63, 3.8) is 0 Å². The van der Waals surface area contributed by atoms with Gasteiger partial charge in [0.1, 0.15) is 11.6 Å². The van der Waals surface area contributed by atoms with Crippen LogP contribution in [0.25, 0.3) is 11.0 Å². The third kappa shape index (κ3) is 3.01. The second-order valence-electron chi connectivity index (χ2n) is 4.46. The van der Waals surface area contributed by atoms with Gasteiger partial charge in [0, 0.05) is 12.6 Å². The van der Waals surface area contributed by atoms with Crippen molar-refractivity contribution in [2.24, 2.45) is 0 Å². The third-order valence-corrected chi connectivity index (χ3v) is 3.10. The average molecular weight is 283 g/mol. The first kappa shape index (κ1) is 14.2. The molecule has 1 aromatic heterocycles. The summed E-state index contributed by atoms with van der Waals surface area (Å²) in [6.07, 6.45) is 0.973. The van der Waals surface area contributed by atoms with E-state index in [9.17, 15) is 0 Å². The Morgan fingerprint density at radius 2 is 2.26 bits per heavy atom. The second-order valence-corrected chi connectivity index (χ2v) is 5.11. The first-order valence-corrected chi connectivity index (χ1v) is 6.99. The van der Waals surface area contributed by atoms with Crippen LogP contribution in [0.2, 0.25) is 0 Å². The lowest BCUT2D eigenvalue weighted by Gasteiger charge is -2.08. The first-order chi connectivity index (χ1) is 9.17. The fourth-order valence-electron chi connectivity index (χ4n) is 2.08. The molecule has 2 rings (SSSR count). The highest BCUT2D eigenvalue weighted by molar-refractivity contribution is 6.20. The minimum atomic E-state index is -0.195. The van der Waals surface area contributed by atoms with E-state index in [0.717, 1.165) is 29.0 Å². The van der Waals surface area contributed by atoms with E-state index in [-0.39, 0.29) is 12.0 Å². The van der Waals surface area contributed by atoms with Gasteiger partial charge in [-0.25, -0.2) is 4.98 Å². The number of rotatable bonds is 6. The van der Waals surface area contributed by atoms with Gasteiger partial charge in [-0.05, 0) is 25.5 Å². The predicted molar refractivity (Wildman–Crippen MR) is 76.9 cm³/mol. The molecule has 0 aliphatic rings. The topological polar surface area (TPSA) is 47.3 Å². The molecule has 4 nitrogen and oxygen atoms in total. The summed E-state index contributed by atoms with van der Waals surface area (Å²) in [5.74, 6) is 1.59. The number of halogens is 1. The summed E-state index contributed by atoms with van der Waals surface area (Å²) >= 11 is 6.14. The van der Waals surface area contributed by atoms with E-state index in [1.165, 1.54) is 0 Å². The summed E-state index contributed by atoms with van der Waals surface area (Å²) < 4.78 is 7.56. The molecule has 0 spiro atoms. The molecule has 1 atom stereocenters. The minimum absolute atomic E-state index is 0.0656. The molecule has 1 N–H and O–H groups in total. The van der Waals surface area contributed by atoms with E-state index in [1.54, 1.807) is 0 Å². The molecule has 19 heavy (non-hydrogen) atoms. The number of imidazole rings is 1. The molecule has 0 aliphatic heterocycles. The Morgan fingerprint density at radius 1 is 1.47 bits per heavy atom. The van der Waals surface area contributed by atoms with E-state index in [0.29, 0.717) is 13.2 Å². The fourth-order valence-corrected chi connectivity index (χ4v) is 2.24. The number of aliphatic hydroxyl groups excluding tert-OH is 1. The van der Waals surface area contributed by atoms with Crippen molar-refractivity contribution in [1.82, 2.24) is 9.55 Å². The van der Waals surface area contributed by atoms with Gasteiger partial charge in [-0.3, -0.25) is 0 Å². The Bertz CT molecular complexity index is 552. The van der Waals surface area contributed by atoms with Crippen LogP contribution in [0.4, 0.5) is 0 Å². The summed E-state index contributed by atoms with van der Waals surface area (Å²) in [4.78, 5) is 4.54. The number of aliphatic hydroxyl groups is 1. The molecule has 0 aliphatic carbocycles. The van der Waals surface area contributed by atoms with Crippen molar-refractivity contribution in [2.75, 3.05) is 13.2 Å². The van der Waals surface area contributed by atoms with Crippen molar-refractivity contribution < 1.29 is 9.84 Å². The van der Waals surface area contributed by atoms with Gasteiger partial charge in [0.25, 0.3) is 0 Å². The maximum atomic E-state index is 9.16. The monoisotopic (exact) mass is 282 g/mol. The highest BCUT2D eigenvalue weighted by Gasteiger charge is 2.15. The van der Waals surface area contributed by atoms with Gasteiger partial charge in [0.15, 0.2) is 0 Å². The van der Waals surface area contributed by atoms with Crippen molar-refractivity contribution in [1.29, 1.82) is 0 Å². The molecule has 104 valence electrons. The van der Waals surface area contributed by atoms with Crippen molar-refractivity contribution >= 4 is 22.6 Å². The second kappa shape index (κ2) is 6.26. The minimum Gasteiger partial charge on any atom is -0.494 e. The Kier molecular flexibility index (Phi) is 4.66. The molecule has 0 radical (unpaired) electrons. The molecule has 1 unspecified atom stereocenters. The Balaban J connectivity index is 2.43. The predicted octanol–water partition coefficient (Wildman–Crippen LogP) is 3.12. The van der Waals surface area contributed by atoms with Crippen LogP contribution in [0.5, 0.6) is 5.75 Å². The molecule has 5 heteroatoms. The Labute approximate surface area is 118 Å². The molecule has 0 fully saturated rings. The van der Waals surface area contributed by atoms with E-state index in [4.69, 9.17) is 21.4 Å². The smallest absolute Gasteiger partial charge is 0.127 e. The number of hydrogen-bond acceptors (Lipinski definition) is 3. The largest absolute Gasteiger partial charge is 0.494 e. The highest BCUT2D eigenvalue weighted by Crippen LogP contribution is 2.27. The molecule has 0 saturated heterocycles. The number of benzene rings is 1.